The molecular formula is C19H13ClFN7. The Bertz CT molecular complexity index is 1240. The number of nitriles is 1. The molecule has 9 heteroatoms. The number of rotatable bonds is 2. The van der Waals surface area contributed by atoms with E-state index in [1.165, 1.54) is 10.6 Å². The lowest BCUT2D eigenvalue weighted by molar-refractivity contribution is 0.615. The summed E-state index contributed by atoms with van der Waals surface area (Å²) in [4.78, 5) is 13.7. The predicted octanol–water partition coefficient (Wildman–Crippen LogP) is 3.27. The van der Waals surface area contributed by atoms with Crippen LogP contribution in [-0.2, 0) is 6.42 Å². The van der Waals surface area contributed by atoms with Crippen LogP contribution in [0, 0.1) is 17.1 Å². The Balaban J connectivity index is 1.70. The Hall–Kier alpha value is -3.44. The topological polar surface area (TPSA) is 85.9 Å². The Kier molecular flexibility index (Phi) is 3.77. The monoisotopic (exact) mass is 393 g/mol. The van der Waals surface area contributed by atoms with E-state index in [9.17, 15) is 9.65 Å². The fraction of sp³-hybridized carbons (Fsp3) is 0.158. The third-order valence-corrected chi connectivity index (χ3v) is 5.09. The zero-order valence-electron chi connectivity index (χ0n) is 14.5. The molecule has 138 valence electrons. The molecule has 5 heterocycles. The fourth-order valence-corrected chi connectivity index (χ4v) is 3.90. The molecule has 1 aliphatic heterocycles. The molecular weight excluding hydrogens is 381 g/mol. The lowest BCUT2D eigenvalue weighted by Gasteiger charge is -2.35. The van der Waals surface area contributed by atoms with Crippen molar-refractivity contribution in [1.29, 1.82) is 5.26 Å². The van der Waals surface area contributed by atoms with Crippen molar-refractivity contribution >= 4 is 22.8 Å². The largest absolute Gasteiger partial charge is 0.357 e. The van der Waals surface area contributed by atoms with Gasteiger partial charge in [-0.05, 0) is 30.3 Å². The number of imidazole rings is 1. The summed E-state index contributed by atoms with van der Waals surface area (Å²) in [7, 11) is 0. The summed E-state index contributed by atoms with van der Waals surface area (Å²) in [5.74, 6) is -0.343. The molecule has 0 amide bonds. The van der Waals surface area contributed by atoms with Crippen molar-refractivity contribution in [3.63, 3.8) is 0 Å². The molecule has 28 heavy (non-hydrogen) atoms. The summed E-state index contributed by atoms with van der Waals surface area (Å²) in [5.41, 5.74) is 3.86. The van der Waals surface area contributed by atoms with E-state index in [-0.39, 0.29) is 22.7 Å². The standard InChI is InChI=1S/C19H13ClFN7/c20-17-7-12(6-11(9-22)25-17)27-5-3-14-18(24-10-23-14)19(27)15-8-16-13(21)2-1-4-28(16)26-15/h1-2,4,6-8,10,19H,3,5H2,(H,23,24)/t19-/m1/s1. The van der Waals surface area contributed by atoms with Crippen LogP contribution >= 0.6 is 11.6 Å². The van der Waals surface area contributed by atoms with Crippen molar-refractivity contribution < 1.29 is 4.39 Å². The maximum atomic E-state index is 14.2. The number of hydrogen-bond acceptors (Lipinski definition) is 5. The number of H-pyrrole nitrogens is 1. The molecule has 0 unspecified atom stereocenters. The molecule has 0 saturated heterocycles. The number of anilines is 1. The van der Waals surface area contributed by atoms with E-state index in [4.69, 9.17) is 11.6 Å². The Labute approximate surface area is 164 Å². The molecule has 7 nitrogen and oxygen atoms in total. The molecule has 0 aromatic carbocycles. The van der Waals surface area contributed by atoms with Crippen molar-refractivity contribution in [3.05, 3.63) is 76.6 Å². The molecule has 0 radical (unpaired) electrons. The SMILES string of the molecule is N#Cc1cc(N2CCc3[nH]cnc3[C@H]2c2cc3c(F)cccn3n2)cc(Cl)n1. The van der Waals surface area contributed by atoms with Crippen LogP contribution in [0.4, 0.5) is 10.1 Å². The second-order valence-electron chi connectivity index (χ2n) is 6.51. The minimum Gasteiger partial charge on any atom is -0.357 e. The first-order valence-corrected chi connectivity index (χ1v) is 9.02. The maximum absolute atomic E-state index is 14.2. The Morgan fingerprint density at radius 3 is 3.04 bits per heavy atom. The van der Waals surface area contributed by atoms with E-state index in [0.29, 0.717) is 17.8 Å². The summed E-state index contributed by atoms with van der Waals surface area (Å²) in [5, 5.41) is 14.1. The van der Waals surface area contributed by atoms with Gasteiger partial charge in [-0.1, -0.05) is 11.6 Å². The number of aromatic amines is 1. The van der Waals surface area contributed by atoms with Crippen LogP contribution in [0.25, 0.3) is 5.52 Å². The first-order chi connectivity index (χ1) is 13.6. The van der Waals surface area contributed by atoms with Gasteiger partial charge in [-0.2, -0.15) is 10.4 Å². The van der Waals surface area contributed by atoms with Crippen molar-refractivity contribution in [2.45, 2.75) is 12.5 Å². The van der Waals surface area contributed by atoms with Gasteiger partial charge in [0.1, 0.15) is 34.3 Å². The van der Waals surface area contributed by atoms with Crippen molar-refractivity contribution in [2.75, 3.05) is 11.4 Å². The number of pyridine rings is 2. The average molecular weight is 394 g/mol. The number of aromatic nitrogens is 5. The van der Waals surface area contributed by atoms with Gasteiger partial charge < -0.3 is 9.88 Å². The Morgan fingerprint density at radius 1 is 1.32 bits per heavy atom. The summed E-state index contributed by atoms with van der Waals surface area (Å²) < 4.78 is 15.7. The van der Waals surface area contributed by atoms with Gasteiger partial charge in [0.25, 0.3) is 0 Å². The molecule has 0 saturated carbocycles. The van der Waals surface area contributed by atoms with Gasteiger partial charge in [0.2, 0.25) is 0 Å². The molecule has 1 atom stereocenters. The van der Waals surface area contributed by atoms with Crippen molar-refractivity contribution in [1.82, 2.24) is 24.6 Å². The van der Waals surface area contributed by atoms with Crippen LogP contribution in [-0.4, -0.2) is 31.1 Å². The van der Waals surface area contributed by atoms with E-state index in [1.54, 1.807) is 36.8 Å². The number of nitrogens with zero attached hydrogens (tertiary/aromatic N) is 6. The summed E-state index contributed by atoms with van der Waals surface area (Å²) in [6.07, 6.45) is 4.10. The van der Waals surface area contributed by atoms with Gasteiger partial charge >= 0.3 is 0 Å². The van der Waals surface area contributed by atoms with Crippen LogP contribution in [0.5, 0.6) is 0 Å². The van der Waals surface area contributed by atoms with Gasteiger partial charge in [-0.15, -0.1) is 0 Å². The van der Waals surface area contributed by atoms with Gasteiger partial charge in [0.15, 0.2) is 0 Å². The normalized spacial score (nSPS) is 16.2. The third kappa shape index (κ3) is 2.60. The van der Waals surface area contributed by atoms with E-state index in [2.05, 4.69) is 25.0 Å². The number of halogens is 2. The first kappa shape index (κ1) is 16.7. The summed E-state index contributed by atoms with van der Waals surface area (Å²) in [6.45, 7) is 0.654. The molecule has 0 aliphatic carbocycles. The van der Waals surface area contributed by atoms with Gasteiger partial charge in [0.05, 0.1) is 17.7 Å². The number of fused-ring (bicyclic) bond motifs is 2. The van der Waals surface area contributed by atoms with Crippen LogP contribution < -0.4 is 4.90 Å². The quantitative estimate of drug-likeness (QED) is 0.528. The molecule has 4 aromatic heterocycles. The fourth-order valence-electron chi connectivity index (χ4n) is 3.69. The smallest absolute Gasteiger partial charge is 0.148 e. The number of nitrogens with one attached hydrogen (secondary N) is 1. The average Bonchev–Trinajstić information content (AvgIpc) is 3.34. The molecule has 0 fully saturated rings. The van der Waals surface area contributed by atoms with E-state index < -0.39 is 0 Å². The highest BCUT2D eigenvalue weighted by Crippen LogP contribution is 2.37. The highest BCUT2D eigenvalue weighted by molar-refractivity contribution is 6.29. The second kappa shape index (κ2) is 6.32. The molecule has 4 aromatic rings. The third-order valence-electron chi connectivity index (χ3n) is 4.90. The summed E-state index contributed by atoms with van der Waals surface area (Å²) in [6, 6.07) is 9.82. The minimum absolute atomic E-state index is 0.232. The molecule has 1 aliphatic rings. The lowest BCUT2D eigenvalue weighted by atomic mass is 9.99. The van der Waals surface area contributed by atoms with E-state index in [0.717, 1.165) is 23.5 Å². The molecule has 0 spiro atoms. The minimum atomic E-state index is -0.348. The first-order valence-electron chi connectivity index (χ1n) is 8.64. The zero-order valence-corrected chi connectivity index (χ0v) is 15.2. The van der Waals surface area contributed by atoms with Crippen molar-refractivity contribution in [2.24, 2.45) is 0 Å². The van der Waals surface area contributed by atoms with E-state index >= 15 is 0 Å². The predicted molar refractivity (Wildman–Crippen MR) is 101 cm³/mol. The molecule has 0 bridgehead atoms. The van der Waals surface area contributed by atoms with Gasteiger partial charge in [-0.3, -0.25) is 0 Å². The highest BCUT2D eigenvalue weighted by atomic mass is 35.5. The summed E-state index contributed by atoms with van der Waals surface area (Å²) >= 11 is 6.13. The molecule has 1 N–H and O–H groups in total. The number of hydrogen-bond donors (Lipinski definition) is 1. The zero-order chi connectivity index (χ0) is 19.3. The highest BCUT2D eigenvalue weighted by Gasteiger charge is 2.33. The van der Waals surface area contributed by atoms with E-state index in [1.807, 2.05) is 6.07 Å². The van der Waals surface area contributed by atoms with Gasteiger partial charge in [0, 0.05) is 30.5 Å². The second-order valence-corrected chi connectivity index (χ2v) is 6.90. The van der Waals surface area contributed by atoms with Crippen LogP contribution in [0.2, 0.25) is 5.15 Å². The van der Waals surface area contributed by atoms with Crippen LogP contribution in [0.15, 0.2) is 42.9 Å². The van der Waals surface area contributed by atoms with Crippen molar-refractivity contribution in [3.8, 4) is 6.07 Å². The Morgan fingerprint density at radius 2 is 2.21 bits per heavy atom. The van der Waals surface area contributed by atoms with Crippen LogP contribution in [0.3, 0.4) is 0 Å². The maximum Gasteiger partial charge on any atom is 0.148 e. The van der Waals surface area contributed by atoms with Crippen LogP contribution in [0.1, 0.15) is 28.8 Å². The lowest BCUT2D eigenvalue weighted by Crippen LogP contribution is -2.36. The van der Waals surface area contributed by atoms with Gasteiger partial charge in [-0.25, -0.2) is 18.9 Å². The molecule has 5 rings (SSSR count).